The van der Waals surface area contributed by atoms with Gasteiger partial charge in [0.1, 0.15) is 17.1 Å². The molecular formula is C25H16ClFN4O7. The number of barbiturate groups is 1. The lowest BCUT2D eigenvalue weighted by Gasteiger charge is -2.26. The molecule has 0 atom stereocenters. The molecule has 1 aliphatic rings. The molecule has 1 heterocycles. The number of halogens is 2. The molecule has 11 nitrogen and oxygen atoms in total. The van der Waals surface area contributed by atoms with Crippen LogP contribution in [0.5, 0.6) is 5.75 Å². The number of rotatable bonds is 7. The molecule has 5 amide bonds. The Bertz CT molecular complexity index is 1490. The molecule has 38 heavy (non-hydrogen) atoms. The van der Waals surface area contributed by atoms with Gasteiger partial charge in [-0.15, -0.1) is 0 Å². The standard InChI is InChI=1S/C25H16ClFN4O7/c26-20-12-14(1-10-21(20)38-13-22(32)28-16-4-2-15(27)3-5-16)11-19-23(33)29-25(35)30(24(19)34)17-6-8-18(9-7-17)31(36)37/h1-12H,13H2,(H,28,32)(H,29,33,35)/b19-11-. The monoisotopic (exact) mass is 538 g/mol. The minimum absolute atomic E-state index is 0.0252. The summed E-state index contributed by atoms with van der Waals surface area (Å²) in [6.07, 6.45) is 1.21. The number of amides is 5. The number of carbonyl (C=O) groups excluding carboxylic acids is 4. The third-order valence-corrected chi connectivity index (χ3v) is 5.47. The van der Waals surface area contributed by atoms with Crippen molar-refractivity contribution in [2.75, 3.05) is 16.8 Å². The largest absolute Gasteiger partial charge is 0.482 e. The van der Waals surface area contributed by atoms with E-state index in [0.717, 1.165) is 12.1 Å². The van der Waals surface area contributed by atoms with Crippen LogP contribution in [0, 0.1) is 15.9 Å². The van der Waals surface area contributed by atoms with Crippen molar-refractivity contribution < 1.29 is 33.2 Å². The normalized spacial score (nSPS) is 14.3. The maximum Gasteiger partial charge on any atom is 0.335 e. The fraction of sp³-hybridized carbons (Fsp3) is 0.0400. The molecule has 192 valence electrons. The van der Waals surface area contributed by atoms with E-state index in [9.17, 15) is 33.7 Å². The van der Waals surface area contributed by atoms with Gasteiger partial charge in [-0.05, 0) is 60.2 Å². The Labute approximate surface area is 218 Å². The number of imide groups is 2. The van der Waals surface area contributed by atoms with Crippen LogP contribution in [-0.4, -0.2) is 35.3 Å². The lowest BCUT2D eigenvalue weighted by Crippen LogP contribution is -2.54. The molecular weight excluding hydrogens is 523 g/mol. The second-order valence-electron chi connectivity index (χ2n) is 7.76. The van der Waals surface area contributed by atoms with Crippen molar-refractivity contribution in [2.24, 2.45) is 0 Å². The summed E-state index contributed by atoms with van der Waals surface area (Å²) in [6.45, 7) is -0.398. The lowest BCUT2D eigenvalue weighted by molar-refractivity contribution is -0.384. The number of nitrogens with zero attached hydrogens (tertiary/aromatic N) is 2. The summed E-state index contributed by atoms with van der Waals surface area (Å²) < 4.78 is 18.4. The highest BCUT2D eigenvalue weighted by Gasteiger charge is 2.37. The zero-order chi connectivity index (χ0) is 27.4. The summed E-state index contributed by atoms with van der Waals surface area (Å²) >= 11 is 6.24. The van der Waals surface area contributed by atoms with Gasteiger partial charge in [0.25, 0.3) is 23.4 Å². The predicted molar refractivity (Wildman–Crippen MR) is 134 cm³/mol. The summed E-state index contributed by atoms with van der Waals surface area (Å²) in [5, 5.41) is 15.5. The van der Waals surface area contributed by atoms with E-state index in [2.05, 4.69) is 5.32 Å². The van der Waals surface area contributed by atoms with Gasteiger partial charge < -0.3 is 10.1 Å². The molecule has 4 rings (SSSR count). The summed E-state index contributed by atoms with van der Waals surface area (Å²) in [6, 6.07) is 13.1. The SMILES string of the molecule is O=C(COc1ccc(/C=C2/C(=O)NC(=O)N(c3ccc([N+](=O)[O-])cc3)C2=O)cc1Cl)Nc1ccc(F)cc1. The Morgan fingerprint density at radius 2 is 1.76 bits per heavy atom. The first-order valence-electron chi connectivity index (χ1n) is 10.8. The van der Waals surface area contributed by atoms with Gasteiger partial charge in [-0.2, -0.15) is 0 Å². The molecule has 0 saturated carbocycles. The van der Waals surface area contributed by atoms with Crippen LogP contribution >= 0.6 is 11.6 Å². The Kier molecular flexibility index (Phi) is 7.44. The van der Waals surface area contributed by atoms with E-state index in [4.69, 9.17) is 16.3 Å². The molecule has 1 fully saturated rings. The highest BCUT2D eigenvalue weighted by Crippen LogP contribution is 2.28. The van der Waals surface area contributed by atoms with Gasteiger partial charge in [-0.25, -0.2) is 14.1 Å². The van der Waals surface area contributed by atoms with Crippen molar-refractivity contribution in [3.05, 3.63) is 98.8 Å². The number of nitro groups is 1. The van der Waals surface area contributed by atoms with Gasteiger partial charge in [-0.1, -0.05) is 17.7 Å². The molecule has 3 aromatic carbocycles. The number of nitro benzene ring substituents is 1. The van der Waals surface area contributed by atoms with Gasteiger partial charge in [0.2, 0.25) is 0 Å². The molecule has 0 bridgehead atoms. The Morgan fingerprint density at radius 3 is 2.39 bits per heavy atom. The third-order valence-electron chi connectivity index (χ3n) is 5.17. The van der Waals surface area contributed by atoms with E-state index in [1.807, 2.05) is 5.32 Å². The average Bonchev–Trinajstić information content (AvgIpc) is 2.87. The number of urea groups is 1. The maximum atomic E-state index is 13.0. The number of nitrogens with one attached hydrogen (secondary N) is 2. The minimum Gasteiger partial charge on any atom is -0.482 e. The average molecular weight is 539 g/mol. The first-order chi connectivity index (χ1) is 18.1. The number of hydrogen-bond acceptors (Lipinski definition) is 7. The van der Waals surface area contributed by atoms with Crippen LogP contribution in [0.1, 0.15) is 5.56 Å². The van der Waals surface area contributed by atoms with Gasteiger partial charge in [0.15, 0.2) is 6.61 Å². The summed E-state index contributed by atoms with van der Waals surface area (Å²) in [4.78, 5) is 60.7. The van der Waals surface area contributed by atoms with Crippen molar-refractivity contribution in [1.29, 1.82) is 0 Å². The zero-order valence-electron chi connectivity index (χ0n) is 19.1. The molecule has 0 spiro atoms. The second kappa shape index (κ2) is 10.9. The van der Waals surface area contributed by atoms with Gasteiger partial charge in [-0.3, -0.25) is 29.8 Å². The Hall–Kier alpha value is -5.10. The van der Waals surface area contributed by atoms with Crippen molar-refractivity contribution >= 4 is 58.5 Å². The molecule has 1 aliphatic heterocycles. The van der Waals surface area contributed by atoms with Crippen molar-refractivity contribution in [3.8, 4) is 5.75 Å². The predicted octanol–water partition coefficient (Wildman–Crippen LogP) is 4.07. The first kappa shape index (κ1) is 26.0. The van der Waals surface area contributed by atoms with Gasteiger partial charge >= 0.3 is 6.03 Å². The highest BCUT2D eigenvalue weighted by molar-refractivity contribution is 6.39. The van der Waals surface area contributed by atoms with Crippen LogP contribution in [0.15, 0.2) is 72.3 Å². The number of anilines is 2. The van der Waals surface area contributed by atoms with E-state index in [1.165, 1.54) is 60.7 Å². The molecule has 13 heteroatoms. The van der Waals surface area contributed by atoms with Crippen molar-refractivity contribution in [2.45, 2.75) is 0 Å². The number of non-ortho nitro benzene ring substituents is 1. The van der Waals surface area contributed by atoms with Crippen LogP contribution in [0.25, 0.3) is 6.08 Å². The van der Waals surface area contributed by atoms with Gasteiger partial charge in [0, 0.05) is 17.8 Å². The van der Waals surface area contributed by atoms with Crippen LogP contribution < -0.4 is 20.3 Å². The Morgan fingerprint density at radius 1 is 1.08 bits per heavy atom. The number of carbonyl (C=O) groups is 4. The van der Waals surface area contributed by atoms with E-state index < -0.39 is 41.1 Å². The quantitative estimate of drug-likeness (QED) is 0.199. The maximum absolute atomic E-state index is 13.0. The van der Waals surface area contributed by atoms with Crippen molar-refractivity contribution in [1.82, 2.24) is 5.32 Å². The van der Waals surface area contributed by atoms with E-state index in [-0.39, 0.29) is 27.7 Å². The molecule has 0 aromatic heterocycles. The lowest BCUT2D eigenvalue weighted by atomic mass is 10.1. The molecule has 1 saturated heterocycles. The molecule has 2 N–H and O–H groups in total. The van der Waals surface area contributed by atoms with Gasteiger partial charge in [0.05, 0.1) is 15.6 Å². The number of hydrogen-bond donors (Lipinski definition) is 2. The first-order valence-corrected chi connectivity index (χ1v) is 11.1. The highest BCUT2D eigenvalue weighted by atomic mass is 35.5. The van der Waals surface area contributed by atoms with Crippen LogP contribution in [0.4, 0.5) is 26.2 Å². The minimum atomic E-state index is -1.01. The molecule has 3 aromatic rings. The second-order valence-corrected chi connectivity index (χ2v) is 8.17. The van der Waals surface area contributed by atoms with Crippen LogP contribution in [-0.2, 0) is 14.4 Å². The molecule has 0 aliphatic carbocycles. The van der Waals surface area contributed by atoms with E-state index >= 15 is 0 Å². The van der Waals surface area contributed by atoms with E-state index in [0.29, 0.717) is 16.2 Å². The number of benzene rings is 3. The fourth-order valence-corrected chi connectivity index (χ4v) is 3.62. The topological polar surface area (TPSA) is 148 Å². The van der Waals surface area contributed by atoms with Crippen LogP contribution in [0.3, 0.4) is 0 Å². The number of ether oxygens (including phenoxy) is 1. The van der Waals surface area contributed by atoms with Crippen molar-refractivity contribution in [3.63, 3.8) is 0 Å². The summed E-state index contributed by atoms with van der Waals surface area (Å²) in [7, 11) is 0. The molecule has 0 unspecified atom stereocenters. The third kappa shape index (κ3) is 5.82. The smallest absolute Gasteiger partial charge is 0.335 e. The molecule has 0 radical (unpaired) electrons. The van der Waals surface area contributed by atoms with Crippen LogP contribution in [0.2, 0.25) is 5.02 Å². The summed E-state index contributed by atoms with van der Waals surface area (Å²) in [5.74, 6) is -2.70. The van der Waals surface area contributed by atoms with E-state index in [1.54, 1.807) is 0 Å². The zero-order valence-corrected chi connectivity index (χ0v) is 19.9. The fourth-order valence-electron chi connectivity index (χ4n) is 3.38. The Balaban J connectivity index is 1.47. The summed E-state index contributed by atoms with van der Waals surface area (Å²) in [5.41, 5.74) is 0.0956.